The molecule has 0 aliphatic carbocycles. The summed E-state index contributed by atoms with van der Waals surface area (Å²) < 4.78 is 10.6. The number of thioether (sulfide) groups is 1. The van der Waals surface area contributed by atoms with E-state index in [1.807, 2.05) is 37.3 Å². The second-order valence-corrected chi connectivity index (χ2v) is 5.70. The monoisotopic (exact) mass is 317 g/mol. The number of benzene rings is 1. The fourth-order valence-corrected chi connectivity index (χ4v) is 2.62. The molecule has 2 heterocycles. The quantitative estimate of drug-likeness (QED) is 0.704. The first-order valence-corrected chi connectivity index (χ1v) is 7.86. The minimum Gasteiger partial charge on any atom is -0.431 e. The van der Waals surface area contributed by atoms with Gasteiger partial charge in [-0.1, -0.05) is 29.1 Å². The number of para-hydroxylation sites is 2. The minimum atomic E-state index is -0.0662. The molecule has 2 aromatic heterocycles. The van der Waals surface area contributed by atoms with Crippen LogP contribution < -0.4 is 5.32 Å². The molecule has 114 valence electrons. The Morgan fingerprint density at radius 3 is 3.00 bits per heavy atom. The summed E-state index contributed by atoms with van der Waals surface area (Å²) >= 11 is 1.28. The molecule has 7 heteroatoms. The fraction of sp³-hybridized carbons (Fsp3) is 0.267. The van der Waals surface area contributed by atoms with Crippen molar-refractivity contribution in [3.8, 4) is 0 Å². The Morgan fingerprint density at radius 2 is 2.23 bits per heavy atom. The highest BCUT2D eigenvalue weighted by atomic mass is 32.2. The molecule has 0 spiro atoms. The van der Waals surface area contributed by atoms with Crippen molar-refractivity contribution >= 4 is 28.8 Å². The van der Waals surface area contributed by atoms with Crippen LogP contribution >= 0.6 is 11.8 Å². The number of nitrogens with zero attached hydrogens (tertiary/aromatic N) is 2. The number of carbonyl (C=O) groups is 1. The van der Waals surface area contributed by atoms with Crippen molar-refractivity contribution in [3.05, 3.63) is 41.8 Å². The average Bonchev–Trinajstić information content (AvgIpc) is 3.11. The Hall–Kier alpha value is -2.28. The first kappa shape index (κ1) is 14.6. The maximum absolute atomic E-state index is 11.8. The lowest BCUT2D eigenvalue weighted by atomic mass is 10.3. The van der Waals surface area contributed by atoms with E-state index in [1.54, 1.807) is 0 Å². The second kappa shape index (κ2) is 6.65. The van der Waals surface area contributed by atoms with Gasteiger partial charge in [0.05, 0.1) is 11.4 Å². The Balaban J connectivity index is 1.43. The molecule has 1 amide bonds. The topological polar surface area (TPSA) is 81.2 Å². The highest BCUT2D eigenvalue weighted by molar-refractivity contribution is 7.99. The van der Waals surface area contributed by atoms with E-state index in [2.05, 4.69) is 15.5 Å². The third-order valence-electron chi connectivity index (χ3n) is 2.97. The minimum absolute atomic E-state index is 0.0662. The maximum Gasteiger partial charge on any atom is 0.257 e. The van der Waals surface area contributed by atoms with Crippen LogP contribution in [0.2, 0.25) is 0 Å². The van der Waals surface area contributed by atoms with E-state index in [0.717, 1.165) is 22.6 Å². The lowest BCUT2D eigenvalue weighted by Gasteiger charge is -2.01. The van der Waals surface area contributed by atoms with Gasteiger partial charge in [0, 0.05) is 19.0 Å². The zero-order chi connectivity index (χ0) is 15.4. The van der Waals surface area contributed by atoms with Crippen LogP contribution in [0, 0.1) is 6.92 Å². The van der Waals surface area contributed by atoms with Crippen LogP contribution in [0.3, 0.4) is 0 Å². The predicted molar refractivity (Wildman–Crippen MR) is 82.7 cm³/mol. The van der Waals surface area contributed by atoms with Gasteiger partial charge < -0.3 is 14.3 Å². The molecule has 3 rings (SSSR count). The Kier molecular flexibility index (Phi) is 4.43. The Labute approximate surface area is 131 Å². The molecule has 1 N–H and O–H groups in total. The lowest BCUT2D eigenvalue weighted by Crippen LogP contribution is -2.27. The van der Waals surface area contributed by atoms with Gasteiger partial charge in [-0.15, -0.1) is 0 Å². The molecule has 0 saturated heterocycles. The van der Waals surface area contributed by atoms with E-state index in [9.17, 15) is 4.79 Å². The molecule has 22 heavy (non-hydrogen) atoms. The van der Waals surface area contributed by atoms with Crippen molar-refractivity contribution < 1.29 is 13.7 Å². The number of hydrogen-bond acceptors (Lipinski definition) is 6. The van der Waals surface area contributed by atoms with Gasteiger partial charge in [-0.2, -0.15) is 0 Å². The molecular weight excluding hydrogens is 302 g/mol. The number of aryl methyl sites for hydroxylation is 1. The van der Waals surface area contributed by atoms with Gasteiger partial charge in [0.2, 0.25) is 5.91 Å². The summed E-state index contributed by atoms with van der Waals surface area (Å²) in [4.78, 5) is 16.1. The predicted octanol–water partition coefficient (Wildman–Crippen LogP) is 2.58. The van der Waals surface area contributed by atoms with Crippen molar-refractivity contribution in [1.29, 1.82) is 0 Å². The first-order valence-electron chi connectivity index (χ1n) is 6.88. The SMILES string of the molecule is Cc1cc(CCNC(=O)CSc2nc3ccccc3o2)on1. The molecule has 0 saturated carbocycles. The van der Waals surface area contributed by atoms with Crippen molar-refractivity contribution in [2.45, 2.75) is 18.6 Å². The summed E-state index contributed by atoms with van der Waals surface area (Å²) in [6.45, 7) is 2.38. The second-order valence-electron chi connectivity index (χ2n) is 4.77. The van der Waals surface area contributed by atoms with Crippen LogP contribution in [0.15, 0.2) is 44.5 Å². The first-order chi connectivity index (χ1) is 10.7. The number of fused-ring (bicyclic) bond motifs is 1. The molecule has 0 fully saturated rings. The smallest absolute Gasteiger partial charge is 0.257 e. The summed E-state index contributed by atoms with van der Waals surface area (Å²) in [5, 5.41) is 7.13. The zero-order valence-electron chi connectivity index (χ0n) is 12.0. The maximum atomic E-state index is 11.8. The molecule has 0 bridgehead atoms. The number of rotatable bonds is 6. The van der Waals surface area contributed by atoms with Crippen molar-refractivity contribution in [3.63, 3.8) is 0 Å². The van der Waals surface area contributed by atoms with Gasteiger partial charge >= 0.3 is 0 Å². The molecular formula is C15H15N3O3S. The van der Waals surface area contributed by atoms with Crippen molar-refractivity contribution in [2.24, 2.45) is 0 Å². The molecule has 0 aliphatic rings. The number of hydrogen-bond donors (Lipinski definition) is 1. The van der Waals surface area contributed by atoms with Crippen molar-refractivity contribution in [1.82, 2.24) is 15.5 Å². The molecule has 3 aromatic rings. The number of carbonyl (C=O) groups excluding carboxylic acids is 1. The molecule has 1 aromatic carbocycles. The average molecular weight is 317 g/mol. The summed E-state index contributed by atoms with van der Waals surface area (Å²) in [7, 11) is 0. The van der Waals surface area contributed by atoms with E-state index in [0.29, 0.717) is 18.2 Å². The zero-order valence-corrected chi connectivity index (χ0v) is 12.9. The summed E-state index contributed by atoms with van der Waals surface area (Å²) in [5.41, 5.74) is 2.37. The number of aromatic nitrogens is 2. The molecule has 0 unspecified atom stereocenters. The fourth-order valence-electron chi connectivity index (χ4n) is 1.95. The standard InChI is InChI=1S/C15H15N3O3S/c1-10-8-11(21-18-10)6-7-16-14(19)9-22-15-17-12-4-2-3-5-13(12)20-15/h2-5,8H,6-7,9H2,1H3,(H,16,19). The van der Waals surface area contributed by atoms with Crippen LogP contribution in [-0.2, 0) is 11.2 Å². The van der Waals surface area contributed by atoms with Gasteiger partial charge in [-0.05, 0) is 19.1 Å². The van der Waals surface area contributed by atoms with Crippen LogP contribution in [0.4, 0.5) is 0 Å². The van der Waals surface area contributed by atoms with Crippen LogP contribution in [0.1, 0.15) is 11.5 Å². The summed E-state index contributed by atoms with van der Waals surface area (Å²) in [6.07, 6.45) is 0.625. The third-order valence-corrected chi connectivity index (χ3v) is 3.80. The molecule has 0 radical (unpaired) electrons. The third kappa shape index (κ3) is 3.67. The number of nitrogens with one attached hydrogen (secondary N) is 1. The summed E-state index contributed by atoms with van der Waals surface area (Å²) in [6, 6.07) is 9.38. The molecule has 0 atom stereocenters. The Morgan fingerprint density at radius 1 is 1.36 bits per heavy atom. The van der Waals surface area contributed by atoms with E-state index in [1.165, 1.54) is 11.8 Å². The van der Waals surface area contributed by atoms with Crippen LogP contribution in [-0.4, -0.2) is 28.3 Å². The highest BCUT2D eigenvalue weighted by Crippen LogP contribution is 2.22. The van der Waals surface area contributed by atoms with E-state index >= 15 is 0 Å². The van der Waals surface area contributed by atoms with Crippen LogP contribution in [0.25, 0.3) is 11.1 Å². The Bertz CT molecular complexity index is 748. The molecule has 0 aliphatic heterocycles. The van der Waals surface area contributed by atoms with Gasteiger partial charge in [0.25, 0.3) is 5.22 Å². The highest BCUT2D eigenvalue weighted by Gasteiger charge is 2.09. The van der Waals surface area contributed by atoms with Gasteiger partial charge in [0.15, 0.2) is 5.58 Å². The summed E-state index contributed by atoms with van der Waals surface area (Å²) in [5.74, 6) is 0.968. The van der Waals surface area contributed by atoms with E-state index < -0.39 is 0 Å². The van der Waals surface area contributed by atoms with Gasteiger partial charge in [-0.25, -0.2) is 4.98 Å². The van der Waals surface area contributed by atoms with Gasteiger partial charge in [0.1, 0.15) is 11.3 Å². The van der Waals surface area contributed by atoms with Crippen LogP contribution in [0.5, 0.6) is 0 Å². The number of oxazole rings is 1. The van der Waals surface area contributed by atoms with Crippen molar-refractivity contribution in [2.75, 3.05) is 12.3 Å². The molecule has 6 nitrogen and oxygen atoms in total. The normalized spacial score (nSPS) is 11.0. The van der Waals surface area contributed by atoms with E-state index in [-0.39, 0.29) is 11.7 Å². The van der Waals surface area contributed by atoms with Gasteiger partial charge in [-0.3, -0.25) is 4.79 Å². The van der Waals surface area contributed by atoms with E-state index in [4.69, 9.17) is 8.94 Å². The number of amides is 1. The lowest BCUT2D eigenvalue weighted by molar-refractivity contribution is -0.118. The largest absolute Gasteiger partial charge is 0.431 e.